The number of rotatable bonds is 4. The van der Waals surface area contributed by atoms with Gasteiger partial charge >= 0.3 is 0 Å². The van der Waals surface area contributed by atoms with E-state index in [1.807, 2.05) is 0 Å². The van der Waals surface area contributed by atoms with Crippen LogP contribution in [0.1, 0.15) is 33.6 Å². The Kier molecular flexibility index (Phi) is 4.68. The van der Waals surface area contributed by atoms with Crippen molar-refractivity contribution in [2.24, 2.45) is 11.7 Å². The van der Waals surface area contributed by atoms with E-state index in [9.17, 15) is 29.3 Å². The number of nitrogens with two attached hydrogens (primary N) is 2. The summed E-state index contributed by atoms with van der Waals surface area (Å²) in [6, 6.07) is 5.12. The van der Waals surface area contributed by atoms with Gasteiger partial charge in [-0.25, -0.2) is 0 Å². The number of benzene rings is 1. The molecule has 160 valence electrons. The van der Waals surface area contributed by atoms with Crippen LogP contribution < -0.4 is 27.2 Å². The highest BCUT2D eigenvalue weighted by atomic mass is 16.6. The number of hydrogen-bond acceptors (Lipinski definition) is 8. The summed E-state index contributed by atoms with van der Waals surface area (Å²) in [4.78, 5) is 60.7. The Balaban J connectivity index is 1.77. The summed E-state index contributed by atoms with van der Waals surface area (Å²) < 4.78 is 0.952. The van der Waals surface area contributed by atoms with Crippen molar-refractivity contribution in [1.29, 1.82) is 0 Å². The molecule has 2 aliphatic heterocycles. The van der Waals surface area contributed by atoms with E-state index in [1.54, 1.807) is 4.90 Å². The lowest BCUT2D eigenvalue weighted by atomic mass is 9.96. The van der Waals surface area contributed by atoms with E-state index in [1.165, 1.54) is 18.2 Å². The zero-order valence-electron chi connectivity index (χ0n) is 16.2. The average molecular weight is 426 g/mol. The fraction of sp³-hybridized carbons (Fsp3) is 0.263. The molecule has 1 fully saturated rings. The van der Waals surface area contributed by atoms with Gasteiger partial charge in [-0.2, -0.15) is 0 Å². The predicted octanol–water partition coefficient (Wildman–Crippen LogP) is -0.0868. The van der Waals surface area contributed by atoms with Gasteiger partial charge in [0.05, 0.1) is 21.7 Å². The zero-order chi connectivity index (χ0) is 22.4. The van der Waals surface area contributed by atoms with Crippen LogP contribution in [0, 0.1) is 16.0 Å². The average Bonchev–Trinajstić information content (AvgIpc) is 3.01. The van der Waals surface area contributed by atoms with E-state index in [2.05, 4.69) is 5.32 Å². The first kappa shape index (κ1) is 20.1. The van der Waals surface area contributed by atoms with Gasteiger partial charge in [-0.15, -0.1) is 0 Å². The molecule has 12 nitrogen and oxygen atoms in total. The van der Waals surface area contributed by atoms with Gasteiger partial charge in [-0.3, -0.25) is 39.2 Å². The second-order valence-electron chi connectivity index (χ2n) is 7.37. The number of hydrogen-bond donors (Lipinski definition) is 3. The maximum atomic E-state index is 12.6. The summed E-state index contributed by atoms with van der Waals surface area (Å²) in [6.07, 6.45) is 0.962. The first-order valence-corrected chi connectivity index (χ1v) is 9.43. The Morgan fingerprint density at radius 3 is 2.42 bits per heavy atom. The molecule has 5 N–H and O–H groups in total. The number of aromatic nitrogens is 1. The predicted molar refractivity (Wildman–Crippen MR) is 109 cm³/mol. The number of imide groups is 1. The lowest BCUT2D eigenvalue weighted by Crippen LogP contribution is -2.38. The third-order valence-electron chi connectivity index (χ3n) is 5.61. The minimum absolute atomic E-state index is 0.0833. The molecule has 1 saturated heterocycles. The summed E-state index contributed by atoms with van der Waals surface area (Å²) in [5.74, 6) is -2.41. The minimum atomic E-state index is -0.741. The number of amides is 3. The van der Waals surface area contributed by atoms with Crippen molar-refractivity contribution in [1.82, 2.24) is 9.88 Å². The number of carbonyl (C=O) groups is 3. The maximum absolute atomic E-state index is 12.6. The zero-order valence-corrected chi connectivity index (χ0v) is 16.2. The number of nitrogens with zero attached hydrogens (tertiary/aromatic N) is 3. The van der Waals surface area contributed by atoms with Gasteiger partial charge in [0.2, 0.25) is 5.91 Å². The molecule has 31 heavy (non-hydrogen) atoms. The summed E-state index contributed by atoms with van der Waals surface area (Å²) >= 11 is 0. The van der Waals surface area contributed by atoms with Crippen molar-refractivity contribution in [2.45, 2.75) is 12.8 Å². The van der Waals surface area contributed by atoms with Crippen molar-refractivity contribution in [3.05, 3.63) is 55.9 Å². The Hall–Kier alpha value is -4.22. The summed E-state index contributed by atoms with van der Waals surface area (Å²) in [7, 11) is 0. The number of pyridine rings is 1. The van der Waals surface area contributed by atoms with Crippen molar-refractivity contribution in [3.8, 4) is 5.69 Å². The van der Waals surface area contributed by atoms with Crippen LogP contribution in [0.25, 0.3) is 5.69 Å². The third kappa shape index (κ3) is 3.27. The van der Waals surface area contributed by atoms with Crippen LogP contribution in [-0.2, 0) is 4.79 Å². The van der Waals surface area contributed by atoms with Crippen molar-refractivity contribution in [2.75, 3.05) is 23.7 Å². The van der Waals surface area contributed by atoms with Crippen LogP contribution in [0.15, 0.2) is 29.1 Å². The molecule has 2 aromatic rings. The first-order chi connectivity index (χ1) is 14.7. The molecule has 1 aromatic heterocycles. The highest BCUT2D eigenvalue weighted by molar-refractivity contribution is 6.23. The number of nitro groups is 1. The topological polar surface area (TPSA) is 184 Å². The molecule has 0 unspecified atom stereocenters. The van der Waals surface area contributed by atoms with Crippen molar-refractivity contribution < 1.29 is 19.3 Å². The molecule has 0 spiro atoms. The fourth-order valence-electron chi connectivity index (χ4n) is 4.02. The van der Waals surface area contributed by atoms with E-state index >= 15 is 0 Å². The SMILES string of the molecule is NC(=O)C1CCN(c2ccc(-n3c(N)c4c(cc3=O)C(=O)NC4=O)cc2[N+](=O)[O-])CC1. The Labute approximate surface area is 174 Å². The molecule has 12 heteroatoms. The highest BCUT2D eigenvalue weighted by Gasteiger charge is 2.33. The number of carbonyl (C=O) groups excluding carboxylic acids is 3. The quantitative estimate of drug-likeness (QED) is 0.344. The third-order valence-corrected chi connectivity index (χ3v) is 5.61. The second kappa shape index (κ2) is 7.23. The molecule has 3 heterocycles. The lowest BCUT2D eigenvalue weighted by molar-refractivity contribution is -0.384. The Morgan fingerprint density at radius 2 is 1.81 bits per heavy atom. The van der Waals surface area contributed by atoms with Gasteiger partial charge in [-0.05, 0) is 25.0 Å². The van der Waals surface area contributed by atoms with E-state index in [0.717, 1.165) is 10.6 Å². The molecular formula is C19H18N6O6. The molecule has 3 amide bonds. The lowest BCUT2D eigenvalue weighted by Gasteiger charge is -2.32. The van der Waals surface area contributed by atoms with Gasteiger partial charge in [-0.1, -0.05) is 0 Å². The number of anilines is 2. The largest absolute Gasteiger partial charge is 0.384 e. The molecule has 0 bridgehead atoms. The Bertz CT molecular complexity index is 1210. The van der Waals surface area contributed by atoms with E-state index < -0.39 is 28.2 Å². The van der Waals surface area contributed by atoms with Crippen LogP contribution in [0.2, 0.25) is 0 Å². The molecule has 0 aliphatic carbocycles. The van der Waals surface area contributed by atoms with E-state index in [0.29, 0.717) is 31.6 Å². The van der Waals surface area contributed by atoms with Gasteiger partial charge in [0, 0.05) is 31.1 Å². The molecule has 1 aromatic carbocycles. The molecule has 4 rings (SSSR count). The maximum Gasteiger partial charge on any atom is 0.294 e. The van der Waals surface area contributed by atoms with Crippen LogP contribution in [-0.4, -0.2) is 40.3 Å². The summed E-state index contributed by atoms with van der Waals surface area (Å²) in [6.45, 7) is 0.827. The minimum Gasteiger partial charge on any atom is -0.384 e. The standard InChI is InChI=1S/C19H18N6O6/c20-16-15-11(18(28)22-19(15)29)8-14(26)24(16)10-1-2-12(13(7-10)25(30)31)23-5-3-9(4-6-23)17(21)27/h1-2,7-9H,3-6,20H2,(H2,21,27)(H,22,28,29). The highest BCUT2D eigenvalue weighted by Crippen LogP contribution is 2.34. The van der Waals surface area contributed by atoms with Gasteiger partial charge in [0.25, 0.3) is 23.1 Å². The number of piperidine rings is 1. The molecule has 0 saturated carbocycles. The number of nitrogen functional groups attached to an aromatic ring is 1. The van der Waals surface area contributed by atoms with Crippen LogP contribution in [0.4, 0.5) is 17.2 Å². The van der Waals surface area contributed by atoms with Crippen LogP contribution in [0.5, 0.6) is 0 Å². The number of nitrogens with one attached hydrogen (secondary N) is 1. The fourth-order valence-corrected chi connectivity index (χ4v) is 4.02. The summed E-state index contributed by atoms with van der Waals surface area (Å²) in [5.41, 5.74) is 10.5. The second-order valence-corrected chi connectivity index (χ2v) is 7.37. The number of nitro benzene ring substituents is 1. The number of primary amides is 1. The van der Waals surface area contributed by atoms with Gasteiger partial charge in [0.1, 0.15) is 11.5 Å². The Morgan fingerprint density at radius 1 is 1.13 bits per heavy atom. The van der Waals surface area contributed by atoms with Gasteiger partial charge in [0.15, 0.2) is 0 Å². The molecular weight excluding hydrogens is 408 g/mol. The van der Waals surface area contributed by atoms with Crippen LogP contribution in [0.3, 0.4) is 0 Å². The number of fused-ring (bicyclic) bond motifs is 1. The normalized spacial score (nSPS) is 16.2. The van der Waals surface area contributed by atoms with Crippen molar-refractivity contribution >= 4 is 34.9 Å². The van der Waals surface area contributed by atoms with Crippen LogP contribution >= 0.6 is 0 Å². The first-order valence-electron chi connectivity index (χ1n) is 9.43. The molecule has 0 radical (unpaired) electrons. The monoisotopic (exact) mass is 426 g/mol. The van der Waals surface area contributed by atoms with Crippen molar-refractivity contribution in [3.63, 3.8) is 0 Å². The van der Waals surface area contributed by atoms with E-state index in [4.69, 9.17) is 11.5 Å². The molecule has 2 aliphatic rings. The smallest absolute Gasteiger partial charge is 0.294 e. The summed E-state index contributed by atoms with van der Waals surface area (Å²) in [5, 5.41) is 13.8. The molecule has 0 atom stereocenters. The van der Waals surface area contributed by atoms with E-state index in [-0.39, 0.29) is 34.2 Å². The van der Waals surface area contributed by atoms with Gasteiger partial charge < -0.3 is 16.4 Å².